The van der Waals surface area contributed by atoms with Gasteiger partial charge in [-0.15, -0.1) is 12.3 Å². The molecule has 3 heteroatoms. The monoisotopic (exact) mass is 224 g/mol. The molecule has 2 unspecified atom stereocenters. The third-order valence-electron chi connectivity index (χ3n) is 2.48. The maximum absolute atomic E-state index is 11.5. The molecular formula is C13H24N2O. The van der Waals surface area contributed by atoms with Gasteiger partial charge < -0.3 is 11.1 Å². The molecule has 0 saturated carbocycles. The number of hydrogen-bond acceptors (Lipinski definition) is 2. The molecule has 0 fully saturated rings. The summed E-state index contributed by atoms with van der Waals surface area (Å²) in [4.78, 5) is 11.5. The highest BCUT2D eigenvalue weighted by Crippen LogP contribution is 2.08. The molecule has 0 saturated heterocycles. The summed E-state index contributed by atoms with van der Waals surface area (Å²) < 4.78 is 0. The SMILES string of the molecule is C#CCC(N)C(=O)NC(C)CCCC(C)C. The zero-order valence-corrected chi connectivity index (χ0v) is 10.6. The van der Waals surface area contributed by atoms with Crippen LogP contribution in [0.5, 0.6) is 0 Å². The van der Waals surface area contributed by atoms with E-state index in [0.717, 1.165) is 12.8 Å². The van der Waals surface area contributed by atoms with Crippen molar-refractivity contribution < 1.29 is 4.79 Å². The second-order valence-corrected chi connectivity index (χ2v) is 4.75. The molecule has 0 heterocycles. The molecular weight excluding hydrogens is 200 g/mol. The summed E-state index contributed by atoms with van der Waals surface area (Å²) in [6, 6.07) is -0.396. The molecule has 0 aliphatic rings. The predicted molar refractivity (Wildman–Crippen MR) is 67.7 cm³/mol. The van der Waals surface area contributed by atoms with Crippen LogP contribution < -0.4 is 11.1 Å². The molecule has 0 aromatic carbocycles. The highest BCUT2D eigenvalue weighted by atomic mass is 16.2. The van der Waals surface area contributed by atoms with Gasteiger partial charge in [-0.1, -0.05) is 26.7 Å². The third-order valence-corrected chi connectivity index (χ3v) is 2.48. The van der Waals surface area contributed by atoms with Crippen molar-refractivity contribution in [1.82, 2.24) is 5.32 Å². The predicted octanol–water partition coefficient (Wildman–Crippen LogP) is 1.67. The van der Waals surface area contributed by atoms with Crippen molar-refractivity contribution in [1.29, 1.82) is 0 Å². The Morgan fingerprint density at radius 2 is 2.00 bits per heavy atom. The Balaban J connectivity index is 3.74. The van der Waals surface area contributed by atoms with Crippen molar-refractivity contribution >= 4 is 5.91 Å². The Hall–Kier alpha value is -1.01. The molecule has 0 aromatic rings. The summed E-state index contributed by atoms with van der Waals surface area (Å²) in [6.07, 6.45) is 8.71. The van der Waals surface area contributed by atoms with Crippen molar-refractivity contribution in [3.63, 3.8) is 0 Å². The highest BCUT2D eigenvalue weighted by molar-refractivity contribution is 5.82. The zero-order chi connectivity index (χ0) is 12.6. The molecule has 0 aliphatic heterocycles. The number of terminal acetylenes is 1. The van der Waals surface area contributed by atoms with Crippen LogP contribution in [-0.2, 0) is 4.79 Å². The molecule has 0 bridgehead atoms. The van der Waals surface area contributed by atoms with Crippen LogP contribution in [0, 0.1) is 18.3 Å². The largest absolute Gasteiger partial charge is 0.352 e. The molecule has 3 nitrogen and oxygen atoms in total. The normalized spacial score (nSPS) is 14.2. The second kappa shape index (κ2) is 8.18. The molecule has 0 spiro atoms. The molecule has 16 heavy (non-hydrogen) atoms. The topological polar surface area (TPSA) is 55.1 Å². The lowest BCUT2D eigenvalue weighted by atomic mass is 10.0. The Morgan fingerprint density at radius 1 is 1.38 bits per heavy atom. The summed E-state index contributed by atoms with van der Waals surface area (Å²) in [5.41, 5.74) is 5.60. The zero-order valence-electron chi connectivity index (χ0n) is 10.6. The lowest BCUT2D eigenvalue weighted by molar-refractivity contribution is -0.122. The fourth-order valence-electron chi connectivity index (χ4n) is 1.47. The minimum absolute atomic E-state index is 0.144. The molecule has 2 atom stereocenters. The van der Waals surface area contributed by atoms with E-state index in [9.17, 15) is 4.79 Å². The van der Waals surface area contributed by atoms with Crippen molar-refractivity contribution in [2.45, 2.75) is 58.5 Å². The minimum Gasteiger partial charge on any atom is -0.352 e. The van der Waals surface area contributed by atoms with Crippen molar-refractivity contribution in [3.8, 4) is 12.3 Å². The van der Waals surface area contributed by atoms with Gasteiger partial charge in [0.1, 0.15) is 0 Å². The van der Waals surface area contributed by atoms with E-state index < -0.39 is 6.04 Å². The van der Waals surface area contributed by atoms with Crippen LogP contribution in [0.15, 0.2) is 0 Å². The maximum atomic E-state index is 11.5. The first-order valence-corrected chi connectivity index (χ1v) is 5.96. The van der Waals surface area contributed by atoms with Gasteiger partial charge in [0, 0.05) is 12.5 Å². The Bertz CT molecular complexity index is 243. The van der Waals surface area contributed by atoms with E-state index in [1.807, 2.05) is 6.92 Å². The number of nitrogens with one attached hydrogen (secondary N) is 1. The molecule has 92 valence electrons. The van der Waals surface area contributed by atoms with E-state index in [0.29, 0.717) is 12.3 Å². The Labute approximate surface area is 99.2 Å². The molecule has 1 amide bonds. The van der Waals surface area contributed by atoms with Gasteiger partial charge in [-0.2, -0.15) is 0 Å². The van der Waals surface area contributed by atoms with Gasteiger partial charge in [-0.3, -0.25) is 4.79 Å². The first-order valence-electron chi connectivity index (χ1n) is 5.96. The molecule has 0 aliphatic carbocycles. The van der Waals surface area contributed by atoms with Crippen LogP contribution in [0.25, 0.3) is 0 Å². The first kappa shape index (κ1) is 15.0. The van der Waals surface area contributed by atoms with Gasteiger partial charge >= 0.3 is 0 Å². The van der Waals surface area contributed by atoms with Crippen LogP contribution in [-0.4, -0.2) is 18.0 Å². The van der Waals surface area contributed by atoms with E-state index in [-0.39, 0.29) is 11.9 Å². The first-order chi connectivity index (χ1) is 7.47. The van der Waals surface area contributed by atoms with Crippen LogP contribution in [0.3, 0.4) is 0 Å². The van der Waals surface area contributed by atoms with E-state index in [4.69, 9.17) is 12.2 Å². The molecule has 3 N–H and O–H groups in total. The lowest BCUT2D eigenvalue weighted by Gasteiger charge is -2.16. The lowest BCUT2D eigenvalue weighted by Crippen LogP contribution is -2.44. The maximum Gasteiger partial charge on any atom is 0.238 e. The van der Waals surface area contributed by atoms with Crippen molar-refractivity contribution in [2.24, 2.45) is 11.7 Å². The number of nitrogens with two attached hydrogens (primary N) is 1. The Kier molecular flexibility index (Phi) is 7.66. The fourth-order valence-corrected chi connectivity index (χ4v) is 1.47. The van der Waals surface area contributed by atoms with Crippen LogP contribution in [0.1, 0.15) is 46.5 Å². The van der Waals surface area contributed by atoms with Crippen molar-refractivity contribution in [3.05, 3.63) is 0 Å². The van der Waals surface area contributed by atoms with Crippen LogP contribution in [0.2, 0.25) is 0 Å². The van der Waals surface area contributed by atoms with Gasteiger partial charge in [-0.05, 0) is 19.3 Å². The molecule has 0 rings (SSSR count). The average Bonchev–Trinajstić information content (AvgIpc) is 2.17. The third kappa shape index (κ3) is 7.30. The average molecular weight is 224 g/mol. The number of rotatable bonds is 7. The molecule has 0 aromatic heterocycles. The summed E-state index contributed by atoms with van der Waals surface area (Å²) >= 11 is 0. The summed E-state index contributed by atoms with van der Waals surface area (Å²) in [7, 11) is 0. The van der Waals surface area contributed by atoms with Gasteiger partial charge in [-0.25, -0.2) is 0 Å². The quantitative estimate of drug-likeness (QED) is 0.646. The van der Waals surface area contributed by atoms with Crippen LogP contribution in [0.4, 0.5) is 0 Å². The van der Waals surface area contributed by atoms with E-state index in [2.05, 4.69) is 25.1 Å². The summed E-state index contributed by atoms with van der Waals surface area (Å²) in [5.74, 6) is 2.96. The summed E-state index contributed by atoms with van der Waals surface area (Å²) in [6.45, 7) is 6.40. The number of amides is 1. The second-order valence-electron chi connectivity index (χ2n) is 4.75. The smallest absolute Gasteiger partial charge is 0.238 e. The summed E-state index contributed by atoms with van der Waals surface area (Å²) in [5, 5.41) is 2.88. The van der Waals surface area contributed by atoms with Gasteiger partial charge in [0.15, 0.2) is 0 Å². The van der Waals surface area contributed by atoms with Crippen molar-refractivity contribution in [2.75, 3.05) is 0 Å². The fraction of sp³-hybridized carbons (Fsp3) is 0.769. The van der Waals surface area contributed by atoms with Gasteiger partial charge in [0.2, 0.25) is 5.91 Å². The van der Waals surface area contributed by atoms with E-state index >= 15 is 0 Å². The standard InChI is InChI=1S/C13H24N2O/c1-5-7-12(14)13(16)15-11(4)9-6-8-10(2)3/h1,10-12H,6-9,14H2,2-4H3,(H,15,16). The van der Waals surface area contributed by atoms with E-state index in [1.54, 1.807) is 0 Å². The van der Waals surface area contributed by atoms with Gasteiger partial charge in [0.25, 0.3) is 0 Å². The minimum atomic E-state index is -0.572. The van der Waals surface area contributed by atoms with E-state index in [1.165, 1.54) is 6.42 Å². The number of carbonyl (C=O) groups excluding carboxylic acids is 1. The van der Waals surface area contributed by atoms with Crippen LogP contribution >= 0.6 is 0 Å². The number of hydrogen-bond donors (Lipinski definition) is 2. The van der Waals surface area contributed by atoms with Gasteiger partial charge in [0.05, 0.1) is 6.04 Å². The molecule has 0 radical (unpaired) electrons. The highest BCUT2D eigenvalue weighted by Gasteiger charge is 2.14. The Morgan fingerprint density at radius 3 is 2.50 bits per heavy atom. The number of carbonyl (C=O) groups is 1.